The molecule has 156 valence electrons. The number of rotatable bonds is 12. The minimum atomic E-state index is -0.680. The van der Waals surface area contributed by atoms with Gasteiger partial charge in [-0.2, -0.15) is 0 Å². The first kappa shape index (κ1) is 24.9. The third-order valence-electron chi connectivity index (χ3n) is 3.52. The molecular formula is C19H34N2O6. The monoisotopic (exact) mass is 386 g/mol. The molecule has 0 bridgehead atoms. The first-order valence-electron chi connectivity index (χ1n) is 9.40. The van der Waals surface area contributed by atoms with Crippen molar-refractivity contribution in [2.75, 3.05) is 13.2 Å². The summed E-state index contributed by atoms with van der Waals surface area (Å²) >= 11 is 0. The summed E-state index contributed by atoms with van der Waals surface area (Å²) in [5, 5.41) is 5.16. The van der Waals surface area contributed by atoms with Crippen LogP contribution in [0, 0.1) is 11.8 Å². The molecule has 8 nitrogen and oxygen atoms in total. The van der Waals surface area contributed by atoms with E-state index in [9.17, 15) is 19.2 Å². The Balaban J connectivity index is 4.30. The van der Waals surface area contributed by atoms with E-state index in [0.29, 0.717) is 19.3 Å². The number of carbonyl (C=O) groups is 4. The van der Waals surface area contributed by atoms with E-state index in [0.717, 1.165) is 0 Å². The molecule has 0 aliphatic heterocycles. The molecule has 0 aromatic heterocycles. The molecule has 2 N–H and O–H groups in total. The summed E-state index contributed by atoms with van der Waals surface area (Å²) in [5.41, 5.74) is 0. The number of amides is 2. The van der Waals surface area contributed by atoms with Crippen molar-refractivity contribution in [3.8, 4) is 0 Å². The van der Waals surface area contributed by atoms with Crippen molar-refractivity contribution in [3.05, 3.63) is 0 Å². The highest BCUT2D eigenvalue weighted by Crippen LogP contribution is 2.08. The molecular weight excluding hydrogens is 352 g/mol. The Morgan fingerprint density at radius 3 is 1.30 bits per heavy atom. The van der Waals surface area contributed by atoms with E-state index in [1.165, 1.54) is 13.8 Å². The van der Waals surface area contributed by atoms with Gasteiger partial charge < -0.3 is 20.1 Å². The van der Waals surface area contributed by atoms with Crippen LogP contribution in [0.5, 0.6) is 0 Å². The molecule has 0 radical (unpaired) electrons. The first-order chi connectivity index (χ1) is 12.5. The van der Waals surface area contributed by atoms with Gasteiger partial charge in [0.1, 0.15) is 12.1 Å². The Kier molecular flexibility index (Phi) is 12.1. The van der Waals surface area contributed by atoms with Crippen LogP contribution < -0.4 is 10.6 Å². The van der Waals surface area contributed by atoms with Crippen molar-refractivity contribution in [1.82, 2.24) is 10.6 Å². The lowest BCUT2D eigenvalue weighted by Gasteiger charge is -2.19. The fourth-order valence-electron chi connectivity index (χ4n) is 2.47. The largest absolute Gasteiger partial charge is 0.464 e. The van der Waals surface area contributed by atoms with Crippen LogP contribution in [-0.2, 0) is 28.7 Å². The summed E-state index contributed by atoms with van der Waals surface area (Å²) in [6, 6.07) is -1.36. The van der Waals surface area contributed by atoms with Crippen LogP contribution in [0.4, 0.5) is 0 Å². The van der Waals surface area contributed by atoms with E-state index >= 15 is 0 Å². The lowest BCUT2D eigenvalue weighted by Crippen LogP contribution is -2.42. The van der Waals surface area contributed by atoms with E-state index in [-0.39, 0.29) is 36.9 Å². The molecule has 0 rings (SSSR count). The van der Waals surface area contributed by atoms with E-state index in [1.54, 1.807) is 0 Å². The third-order valence-corrected chi connectivity index (χ3v) is 3.52. The maximum Gasteiger partial charge on any atom is 0.328 e. The van der Waals surface area contributed by atoms with Gasteiger partial charge in [0.2, 0.25) is 11.8 Å². The minimum absolute atomic E-state index is 0.0786. The molecule has 0 fully saturated rings. The van der Waals surface area contributed by atoms with Gasteiger partial charge in [-0.05, 0) is 24.7 Å². The second-order valence-electron chi connectivity index (χ2n) is 7.45. The van der Waals surface area contributed by atoms with Crippen molar-refractivity contribution in [2.24, 2.45) is 11.8 Å². The molecule has 2 atom stereocenters. The second-order valence-corrected chi connectivity index (χ2v) is 7.45. The second kappa shape index (κ2) is 13.1. The van der Waals surface area contributed by atoms with Crippen LogP contribution in [-0.4, -0.2) is 49.1 Å². The molecule has 0 aromatic carbocycles. The average molecular weight is 386 g/mol. The minimum Gasteiger partial charge on any atom is -0.464 e. The van der Waals surface area contributed by atoms with Crippen molar-refractivity contribution >= 4 is 23.8 Å². The average Bonchev–Trinajstić information content (AvgIpc) is 2.51. The van der Waals surface area contributed by atoms with Crippen LogP contribution in [0.15, 0.2) is 0 Å². The summed E-state index contributed by atoms with van der Waals surface area (Å²) in [6.45, 7) is 10.7. The predicted octanol–water partition coefficient (Wildman–Crippen LogP) is 1.56. The fraction of sp³-hybridized carbons (Fsp3) is 0.789. The van der Waals surface area contributed by atoms with Gasteiger partial charge in [-0.25, -0.2) is 9.59 Å². The third kappa shape index (κ3) is 12.8. The zero-order valence-electron chi connectivity index (χ0n) is 17.3. The highest BCUT2D eigenvalue weighted by molar-refractivity contribution is 5.83. The summed E-state index contributed by atoms with van der Waals surface area (Å²) < 4.78 is 10.3. The smallest absolute Gasteiger partial charge is 0.328 e. The Bertz CT molecular complexity index is 460. The van der Waals surface area contributed by atoms with Crippen LogP contribution in [0.2, 0.25) is 0 Å². The number of nitrogens with one attached hydrogen (secondary N) is 2. The molecule has 0 saturated carbocycles. The summed E-state index contributed by atoms with van der Waals surface area (Å²) in [7, 11) is 0. The van der Waals surface area contributed by atoms with Gasteiger partial charge in [0.05, 0.1) is 13.2 Å². The van der Waals surface area contributed by atoms with E-state index in [2.05, 4.69) is 10.6 Å². The Hall–Kier alpha value is -2.12. The number of esters is 2. The number of ether oxygens (including phenoxy) is 2. The lowest BCUT2D eigenvalue weighted by molar-refractivity contribution is -0.151. The quantitative estimate of drug-likeness (QED) is 0.389. The predicted molar refractivity (Wildman–Crippen MR) is 101 cm³/mol. The van der Waals surface area contributed by atoms with E-state index < -0.39 is 24.0 Å². The normalized spacial score (nSPS) is 13.0. The molecule has 2 unspecified atom stereocenters. The topological polar surface area (TPSA) is 111 Å². The van der Waals surface area contributed by atoms with Crippen molar-refractivity contribution in [3.63, 3.8) is 0 Å². The Morgan fingerprint density at radius 2 is 1.04 bits per heavy atom. The van der Waals surface area contributed by atoms with E-state index in [4.69, 9.17) is 9.47 Å². The standard InChI is InChI=1S/C19H34N2O6/c1-12(2)10-16(20-14(5)22)18(24)26-8-7-9-27-19(25)17(11-13(3)4)21-15(6)23/h12-13,16-17H,7-11H2,1-6H3,(H,20,22)(H,21,23). The van der Waals surface area contributed by atoms with Gasteiger partial charge in [-0.3, -0.25) is 9.59 Å². The van der Waals surface area contributed by atoms with Crippen LogP contribution >= 0.6 is 0 Å². The maximum absolute atomic E-state index is 12.1. The van der Waals surface area contributed by atoms with Crippen molar-refractivity contribution in [1.29, 1.82) is 0 Å². The lowest BCUT2D eigenvalue weighted by atomic mass is 10.0. The number of hydrogen-bond donors (Lipinski definition) is 2. The molecule has 0 spiro atoms. The molecule has 0 aliphatic carbocycles. The highest BCUT2D eigenvalue weighted by Gasteiger charge is 2.23. The molecule has 27 heavy (non-hydrogen) atoms. The van der Waals surface area contributed by atoms with Gasteiger partial charge >= 0.3 is 11.9 Å². The number of carbonyl (C=O) groups excluding carboxylic acids is 4. The van der Waals surface area contributed by atoms with Crippen LogP contribution in [0.1, 0.15) is 60.8 Å². The molecule has 0 saturated heterocycles. The zero-order valence-corrected chi connectivity index (χ0v) is 17.3. The van der Waals surface area contributed by atoms with Crippen molar-refractivity contribution in [2.45, 2.75) is 72.9 Å². The van der Waals surface area contributed by atoms with Gasteiger partial charge in [-0.1, -0.05) is 27.7 Å². The molecule has 0 aromatic rings. The Labute approximate surface area is 161 Å². The Morgan fingerprint density at radius 1 is 0.704 bits per heavy atom. The maximum atomic E-state index is 12.1. The molecule has 0 aliphatic rings. The summed E-state index contributed by atoms with van der Waals surface area (Å²) in [5.74, 6) is -1.13. The number of hydrogen-bond acceptors (Lipinski definition) is 6. The van der Waals surface area contributed by atoms with Gasteiger partial charge in [0.25, 0.3) is 0 Å². The van der Waals surface area contributed by atoms with Gasteiger partial charge in [-0.15, -0.1) is 0 Å². The zero-order chi connectivity index (χ0) is 21.0. The van der Waals surface area contributed by atoms with Gasteiger partial charge in [0, 0.05) is 20.3 Å². The van der Waals surface area contributed by atoms with Crippen molar-refractivity contribution < 1.29 is 28.7 Å². The SMILES string of the molecule is CC(=O)NC(CC(C)C)C(=O)OCCCOC(=O)C(CC(C)C)NC(C)=O. The molecule has 8 heteroatoms. The van der Waals surface area contributed by atoms with Gasteiger partial charge in [0.15, 0.2) is 0 Å². The van der Waals surface area contributed by atoms with E-state index in [1.807, 2.05) is 27.7 Å². The summed E-state index contributed by atoms with van der Waals surface area (Å²) in [6.07, 6.45) is 1.31. The molecule has 0 heterocycles. The van der Waals surface area contributed by atoms with Crippen LogP contribution in [0.3, 0.4) is 0 Å². The first-order valence-corrected chi connectivity index (χ1v) is 9.40. The summed E-state index contributed by atoms with van der Waals surface area (Å²) in [4.78, 5) is 46.5. The molecule has 2 amide bonds. The van der Waals surface area contributed by atoms with Crippen LogP contribution in [0.25, 0.3) is 0 Å². The fourth-order valence-corrected chi connectivity index (χ4v) is 2.47. The highest BCUT2D eigenvalue weighted by atomic mass is 16.5.